The van der Waals surface area contributed by atoms with Crippen molar-refractivity contribution >= 4 is 46.3 Å². The Morgan fingerprint density at radius 1 is 0.583 bits per heavy atom. The van der Waals surface area contributed by atoms with Crippen molar-refractivity contribution in [2.45, 2.75) is 39.1 Å². The largest absolute Gasteiger partial charge is 0.457 e. The summed E-state index contributed by atoms with van der Waals surface area (Å²) in [6.45, 7) is 0.606. The highest BCUT2D eigenvalue weighted by molar-refractivity contribution is 7.01. The predicted molar refractivity (Wildman–Crippen MR) is 248 cm³/mol. The van der Waals surface area contributed by atoms with E-state index in [0.717, 1.165) is 77.8 Å². The van der Waals surface area contributed by atoms with Gasteiger partial charge in [-0.3, -0.25) is 8.97 Å². The SMILES string of the molecule is [2H]C([2H])([2H])[Si]1(C([2H])([2H])[2H])c2cc(-n3c4ccccc4n4c5ccccc5nc34)ccc2Oc2c(-c3cc4c(cc3C(C)(C)C)-c3ccccc3-c3cncnc3-c3ccccc3-4)cccc21. The minimum absolute atomic E-state index is 0.192. The Morgan fingerprint density at radius 2 is 1.25 bits per heavy atom. The van der Waals surface area contributed by atoms with Gasteiger partial charge < -0.3 is 4.74 Å². The molecule has 0 amide bonds. The monoisotopic (exact) mass is 797 g/mol. The first-order chi connectivity index (χ1) is 31.7. The van der Waals surface area contributed by atoms with Crippen molar-refractivity contribution in [1.82, 2.24) is 23.9 Å². The molecule has 0 saturated heterocycles. The summed E-state index contributed by atoms with van der Waals surface area (Å²) in [5, 5.41) is 0.402. The maximum Gasteiger partial charge on any atom is 0.220 e. The zero-order chi connectivity index (χ0) is 45.5. The van der Waals surface area contributed by atoms with Gasteiger partial charge in [0.05, 0.1) is 27.8 Å². The van der Waals surface area contributed by atoms with E-state index >= 15 is 0 Å². The maximum atomic E-state index is 9.41. The van der Waals surface area contributed by atoms with E-state index in [-0.39, 0.29) is 21.9 Å². The third-order valence-corrected chi connectivity index (χ3v) is 14.7. The van der Waals surface area contributed by atoms with E-state index < -0.39 is 26.4 Å². The number of nitrogens with zero attached hydrogens (tertiary/aromatic N) is 5. The number of hydrogen-bond donors (Lipinski definition) is 0. The van der Waals surface area contributed by atoms with Crippen LogP contribution >= 0.6 is 0 Å². The predicted octanol–water partition coefficient (Wildman–Crippen LogP) is 12.1. The van der Waals surface area contributed by atoms with Crippen LogP contribution < -0.4 is 15.1 Å². The summed E-state index contributed by atoms with van der Waals surface area (Å²) in [5.41, 5.74) is 13.8. The second-order valence-electron chi connectivity index (χ2n) is 16.8. The van der Waals surface area contributed by atoms with Gasteiger partial charge in [-0.25, -0.2) is 15.0 Å². The van der Waals surface area contributed by atoms with Gasteiger partial charge in [-0.1, -0.05) is 125 Å². The lowest BCUT2D eigenvalue weighted by atomic mass is 9.75. The van der Waals surface area contributed by atoms with Crippen LogP contribution in [0.25, 0.3) is 89.3 Å². The van der Waals surface area contributed by atoms with Crippen LogP contribution in [0.5, 0.6) is 11.5 Å². The Balaban J connectivity index is 1.13. The highest BCUT2D eigenvalue weighted by Crippen LogP contribution is 2.51. The molecule has 0 N–H and O–H groups in total. The van der Waals surface area contributed by atoms with Gasteiger partial charge in [0.25, 0.3) is 0 Å². The normalized spacial score (nSPS) is 15.6. The average molecular weight is 798 g/mol. The molecule has 10 aromatic rings. The van der Waals surface area contributed by atoms with Crippen molar-refractivity contribution in [2.24, 2.45) is 0 Å². The Labute approximate surface area is 357 Å². The number of para-hydroxylation sites is 5. The Kier molecular flexibility index (Phi) is 6.06. The van der Waals surface area contributed by atoms with Gasteiger partial charge >= 0.3 is 0 Å². The van der Waals surface area contributed by atoms with Gasteiger partial charge in [0.2, 0.25) is 5.78 Å². The molecule has 1 aliphatic heterocycles. The summed E-state index contributed by atoms with van der Waals surface area (Å²) in [4.78, 5) is 14.3. The van der Waals surface area contributed by atoms with Gasteiger partial charge in [0, 0.05) is 36.8 Å². The highest BCUT2D eigenvalue weighted by Gasteiger charge is 2.39. The Bertz CT molecular complexity index is 3660. The molecule has 7 heteroatoms. The lowest BCUT2D eigenvalue weighted by Gasteiger charge is -2.35. The topological polar surface area (TPSA) is 57.2 Å². The number of fused-ring (bicyclic) bond motifs is 15. The number of benzene rings is 7. The first-order valence-electron chi connectivity index (χ1n) is 23.2. The van der Waals surface area contributed by atoms with Crippen LogP contribution in [0, 0.1) is 0 Å². The molecule has 0 atom stereocenters. The van der Waals surface area contributed by atoms with E-state index in [2.05, 4.69) is 66.6 Å². The summed E-state index contributed by atoms with van der Waals surface area (Å²) >= 11 is 0. The van der Waals surface area contributed by atoms with Crippen LogP contribution in [0.1, 0.15) is 34.6 Å². The van der Waals surface area contributed by atoms with Crippen LogP contribution in [-0.2, 0) is 5.41 Å². The van der Waals surface area contributed by atoms with Crippen molar-refractivity contribution in [3.63, 3.8) is 0 Å². The number of rotatable bonds is 2. The summed E-state index contributed by atoms with van der Waals surface area (Å²) in [6.07, 6.45) is 3.46. The fourth-order valence-corrected chi connectivity index (χ4v) is 11.6. The maximum absolute atomic E-state index is 9.41. The van der Waals surface area contributed by atoms with Crippen LogP contribution in [0.2, 0.25) is 13.0 Å². The van der Waals surface area contributed by atoms with Crippen molar-refractivity contribution in [3.05, 3.63) is 164 Å². The Morgan fingerprint density at radius 3 is 2.03 bits per heavy atom. The molecule has 0 radical (unpaired) electrons. The summed E-state index contributed by atoms with van der Waals surface area (Å²) in [5.74, 6) is 1.10. The smallest absolute Gasteiger partial charge is 0.220 e. The molecule has 60 heavy (non-hydrogen) atoms. The van der Waals surface area contributed by atoms with E-state index in [0.29, 0.717) is 17.0 Å². The van der Waals surface area contributed by atoms with Gasteiger partial charge in [-0.2, -0.15) is 0 Å². The molecule has 0 spiro atoms. The molecular formula is C53H41N5OSi. The molecule has 3 aromatic heterocycles. The molecule has 2 aliphatic rings. The molecule has 4 heterocycles. The number of imidazole rings is 2. The molecule has 0 fully saturated rings. The first-order valence-corrected chi connectivity index (χ1v) is 22.2. The van der Waals surface area contributed by atoms with E-state index in [9.17, 15) is 8.22 Å². The molecule has 288 valence electrons. The standard InChI is InChI=1S/C53H41N5OSi/c1-53(2,3)42-29-39-33-15-6-7-16-34(33)41-30-54-31-55-50(41)36-18-9-8-17-35(36)38(39)28-40(42)37-19-14-24-48-51(37)59-47-26-25-32(27-49(47)60(48,4)5)57-45-22-12-13-23-46(45)58-44-21-11-10-20-43(44)56-52(57)58/h6-31H,1-5H3/i4D3,5D3. The lowest BCUT2D eigenvalue weighted by Crippen LogP contribution is -2.56. The van der Waals surface area contributed by atoms with E-state index in [1.807, 2.05) is 95.7 Å². The van der Waals surface area contributed by atoms with E-state index in [4.69, 9.17) is 14.7 Å². The molecular weight excluding hydrogens is 751 g/mol. The van der Waals surface area contributed by atoms with Gasteiger partial charge in [0.15, 0.2) is 0 Å². The molecule has 0 saturated carbocycles. The molecule has 12 rings (SSSR count). The van der Waals surface area contributed by atoms with E-state index in [1.165, 1.54) is 0 Å². The van der Waals surface area contributed by atoms with Gasteiger partial charge in [-0.15, -0.1) is 0 Å². The summed E-state index contributed by atoms with van der Waals surface area (Å²) < 4.78 is 67.6. The van der Waals surface area contributed by atoms with Crippen LogP contribution in [0.15, 0.2) is 158 Å². The van der Waals surface area contributed by atoms with Gasteiger partial charge in [0.1, 0.15) is 25.9 Å². The zero-order valence-electron chi connectivity index (χ0n) is 39.2. The van der Waals surface area contributed by atoms with E-state index in [1.54, 1.807) is 30.6 Å². The first kappa shape index (κ1) is 29.2. The highest BCUT2D eigenvalue weighted by atomic mass is 28.3. The molecule has 1 aliphatic carbocycles. The third-order valence-electron chi connectivity index (χ3n) is 12.3. The van der Waals surface area contributed by atoms with Crippen LogP contribution in [0.3, 0.4) is 0 Å². The second-order valence-corrected chi connectivity index (χ2v) is 19.4. The molecule has 0 bridgehead atoms. The summed E-state index contributed by atoms with van der Waals surface area (Å²) in [7, 11) is -4.83. The Hall–Kier alpha value is -7.09. The van der Waals surface area contributed by atoms with Crippen molar-refractivity contribution in [2.75, 3.05) is 0 Å². The quantitative estimate of drug-likeness (QED) is 0.164. The molecule has 6 nitrogen and oxygen atoms in total. The number of hydrogen-bond acceptors (Lipinski definition) is 4. The fourth-order valence-electron chi connectivity index (χ4n) is 9.56. The van der Waals surface area contributed by atoms with Crippen molar-refractivity contribution < 1.29 is 13.0 Å². The minimum Gasteiger partial charge on any atom is -0.457 e. The van der Waals surface area contributed by atoms with Crippen molar-refractivity contribution in [3.8, 4) is 73.0 Å². The van der Waals surface area contributed by atoms with Crippen molar-refractivity contribution in [1.29, 1.82) is 0 Å². The van der Waals surface area contributed by atoms with Crippen LogP contribution in [0.4, 0.5) is 0 Å². The lowest BCUT2D eigenvalue weighted by molar-refractivity contribution is 0.488. The molecule has 7 aromatic carbocycles. The number of aromatic nitrogens is 5. The molecule has 0 unspecified atom stereocenters. The van der Waals surface area contributed by atoms with Gasteiger partial charge in [-0.05, 0) is 109 Å². The minimum atomic E-state index is -4.83. The van der Waals surface area contributed by atoms with Crippen LogP contribution in [-0.4, -0.2) is 32.0 Å². The average Bonchev–Trinajstić information content (AvgIpc) is 3.83. The summed E-state index contributed by atoms with van der Waals surface area (Å²) in [6, 6.07) is 47.6. The third kappa shape index (κ3) is 4.90. The number of ether oxygens (including phenoxy) is 1. The zero-order valence-corrected chi connectivity index (χ0v) is 34.2. The second kappa shape index (κ2) is 12.5. The fraction of sp³-hybridized carbons (Fsp3) is 0.113.